The molecule has 0 atom stereocenters. The summed E-state index contributed by atoms with van der Waals surface area (Å²) in [5.41, 5.74) is 1.12. The van der Waals surface area contributed by atoms with Gasteiger partial charge in [-0.15, -0.1) is 0 Å². The molecule has 2 fully saturated rings. The van der Waals surface area contributed by atoms with Crippen LogP contribution in [0, 0.1) is 5.92 Å². The first kappa shape index (κ1) is 22.0. The summed E-state index contributed by atoms with van der Waals surface area (Å²) in [5, 5.41) is 4.47. The molecule has 2 aromatic rings. The third kappa shape index (κ3) is 5.52. The highest BCUT2D eigenvalue weighted by molar-refractivity contribution is 6.32. The molecule has 0 unspecified atom stereocenters. The molecule has 7 nitrogen and oxygen atoms in total. The average molecular weight is 448 g/mol. The highest BCUT2D eigenvalue weighted by Crippen LogP contribution is 2.36. The SMILES string of the molecule is CCc1cc(OC(=O)N(C)CC2CC(Oc3cccc(CN4CCCC4)c3Cl)C2)no1. The highest BCUT2D eigenvalue weighted by atomic mass is 35.5. The van der Waals surface area contributed by atoms with Gasteiger partial charge in [0, 0.05) is 32.6 Å². The van der Waals surface area contributed by atoms with Gasteiger partial charge in [-0.05, 0) is 61.5 Å². The minimum Gasteiger partial charge on any atom is -0.489 e. The van der Waals surface area contributed by atoms with Crippen LogP contribution < -0.4 is 9.47 Å². The molecule has 168 valence electrons. The van der Waals surface area contributed by atoms with Crippen LogP contribution in [-0.2, 0) is 13.0 Å². The van der Waals surface area contributed by atoms with Crippen molar-refractivity contribution >= 4 is 17.7 Å². The Labute approximate surface area is 188 Å². The molecule has 1 aromatic heterocycles. The molecule has 1 aliphatic carbocycles. The molecule has 0 bridgehead atoms. The quantitative estimate of drug-likeness (QED) is 0.580. The number of nitrogens with zero attached hydrogens (tertiary/aromatic N) is 3. The van der Waals surface area contributed by atoms with Crippen molar-refractivity contribution < 1.29 is 18.8 Å². The molecular weight excluding hydrogens is 418 g/mol. The van der Waals surface area contributed by atoms with Crippen molar-refractivity contribution in [3.05, 3.63) is 40.6 Å². The molecule has 1 amide bonds. The van der Waals surface area contributed by atoms with E-state index < -0.39 is 6.09 Å². The first-order valence-corrected chi connectivity index (χ1v) is 11.4. The van der Waals surface area contributed by atoms with E-state index in [9.17, 15) is 4.79 Å². The van der Waals surface area contributed by atoms with Crippen LogP contribution in [0.5, 0.6) is 11.6 Å². The Hall–Kier alpha value is -2.25. The van der Waals surface area contributed by atoms with Gasteiger partial charge in [-0.3, -0.25) is 4.90 Å². The molecule has 4 rings (SSSR count). The molecule has 1 aromatic carbocycles. The van der Waals surface area contributed by atoms with Crippen LogP contribution in [0.1, 0.15) is 43.9 Å². The van der Waals surface area contributed by atoms with Crippen molar-refractivity contribution in [3.63, 3.8) is 0 Å². The van der Waals surface area contributed by atoms with E-state index in [1.807, 2.05) is 19.1 Å². The van der Waals surface area contributed by atoms with Crippen molar-refractivity contribution in [1.29, 1.82) is 0 Å². The molecule has 0 spiro atoms. The average Bonchev–Trinajstić information content (AvgIpc) is 3.40. The molecule has 31 heavy (non-hydrogen) atoms. The minimum absolute atomic E-state index is 0.122. The van der Waals surface area contributed by atoms with Gasteiger partial charge in [0.2, 0.25) is 0 Å². The largest absolute Gasteiger partial charge is 0.489 e. The number of hydrogen-bond acceptors (Lipinski definition) is 6. The summed E-state index contributed by atoms with van der Waals surface area (Å²) in [6.45, 7) is 5.71. The number of hydrogen-bond donors (Lipinski definition) is 0. The standard InChI is InChI=1S/C23H30ClN3O4/c1-3-18-13-21(25-31-18)30-23(28)26(2)14-16-11-19(12-16)29-20-8-6-7-17(22(20)24)15-27-9-4-5-10-27/h6-8,13,16,19H,3-5,9-12,14-15H2,1-2H3. The van der Waals surface area contributed by atoms with Gasteiger partial charge < -0.3 is 18.9 Å². The Bertz CT molecular complexity index is 891. The Morgan fingerprint density at radius 1 is 1.32 bits per heavy atom. The summed E-state index contributed by atoms with van der Waals surface area (Å²) in [7, 11) is 1.73. The number of aromatic nitrogens is 1. The lowest BCUT2D eigenvalue weighted by atomic mass is 9.82. The summed E-state index contributed by atoms with van der Waals surface area (Å²) in [4.78, 5) is 16.3. The maximum Gasteiger partial charge on any atom is 0.416 e. The molecule has 1 saturated carbocycles. The molecule has 1 aliphatic heterocycles. The number of carbonyl (C=O) groups excluding carboxylic acids is 1. The topological polar surface area (TPSA) is 68.0 Å². The maximum absolute atomic E-state index is 12.3. The highest BCUT2D eigenvalue weighted by Gasteiger charge is 2.33. The van der Waals surface area contributed by atoms with E-state index in [0.29, 0.717) is 24.6 Å². The molecule has 2 heterocycles. The summed E-state index contributed by atoms with van der Waals surface area (Å²) in [5.74, 6) is 2.02. The van der Waals surface area contributed by atoms with Crippen molar-refractivity contribution in [2.75, 3.05) is 26.7 Å². The lowest BCUT2D eigenvalue weighted by molar-refractivity contribution is 0.0481. The molecule has 8 heteroatoms. The normalized spacial score (nSPS) is 21.0. The van der Waals surface area contributed by atoms with Gasteiger partial charge in [0.25, 0.3) is 5.88 Å². The number of carbonyl (C=O) groups is 1. The Morgan fingerprint density at radius 2 is 2.10 bits per heavy atom. The van der Waals surface area contributed by atoms with E-state index in [2.05, 4.69) is 16.1 Å². The number of ether oxygens (including phenoxy) is 2. The van der Waals surface area contributed by atoms with Crippen molar-refractivity contribution in [2.24, 2.45) is 5.92 Å². The molecule has 0 radical (unpaired) electrons. The second-order valence-corrected chi connectivity index (χ2v) is 8.90. The Balaban J connectivity index is 1.22. The van der Waals surface area contributed by atoms with Crippen LogP contribution >= 0.6 is 11.6 Å². The first-order valence-electron chi connectivity index (χ1n) is 11.1. The third-order valence-electron chi connectivity index (χ3n) is 6.04. The fourth-order valence-electron chi connectivity index (χ4n) is 4.19. The van der Waals surface area contributed by atoms with Crippen LogP contribution in [0.2, 0.25) is 5.02 Å². The van der Waals surface area contributed by atoms with Gasteiger partial charge in [-0.1, -0.05) is 30.7 Å². The Kier molecular flexibility index (Phi) is 7.02. The van der Waals surface area contributed by atoms with Gasteiger partial charge in [0.15, 0.2) is 0 Å². The fourth-order valence-corrected chi connectivity index (χ4v) is 4.42. The summed E-state index contributed by atoms with van der Waals surface area (Å²) < 4.78 is 16.5. The van der Waals surface area contributed by atoms with E-state index in [4.69, 9.17) is 25.6 Å². The van der Waals surface area contributed by atoms with Crippen LogP contribution in [0.15, 0.2) is 28.8 Å². The second kappa shape index (κ2) is 9.92. The number of amides is 1. The van der Waals surface area contributed by atoms with E-state index in [0.717, 1.165) is 48.8 Å². The predicted octanol–water partition coefficient (Wildman–Crippen LogP) is 4.77. The van der Waals surface area contributed by atoms with Crippen molar-refractivity contribution in [1.82, 2.24) is 15.0 Å². The van der Waals surface area contributed by atoms with Gasteiger partial charge in [0.1, 0.15) is 11.5 Å². The molecule has 0 N–H and O–H groups in total. The first-order chi connectivity index (χ1) is 15.0. The zero-order chi connectivity index (χ0) is 21.8. The number of halogens is 1. The lowest BCUT2D eigenvalue weighted by Crippen LogP contribution is -2.42. The van der Waals surface area contributed by atoms with Crippen molar-refractivity contribution in [2.45, 2.75) is 51.7 Å². The number of aryl methyl sites for hydroxylation is 1. The van der Waals surface area contributed by atoms with E-state index in [1.165, 1.54) is 12.8 Å². The van der Waals surface area contributed by atoms with Crippen LogP contribution in [0.4, 0.5) is 4.79 Å². The number of rotatable bonds is 8. The molecular formula is C23H30ClN3O4. The summed E-state index contributed by atoms with van der Waals surface area (Å²) in [6, 6.07) is 7.67. The second-order valence-electron chi connectivity index (χ2n) is 8.52. The van der Waals surface area contributed by atoms with Crippen LogP contribution in [0.3, 0.4) is 0 Å². The Morgan fingerprint density at radius 3 is 2.81 bits per heavy atom. The van der Waals surface area contributed by atoms with Crippen LogP contribution in [0.25, 0.3) is 0 Å². The monoisotopic (exact) mass is 447 g/mol. The zero-order valence-electron chi connectivity index (χ0n) is 18.2. The summed E-state index contributed by atoms with van der Waals surface area (Å²) in [6.07, 6.45) is 4.68. The molecule has 2 aliphatic rings. The van der Waals surface area contributed by atoms with Gasteiger partial charge in [-0.2, -0.15) is 0 Å². The number of likely N-dealkylation sites (tertiary alicyclic amines) is 1. The minimum atomic E-state index is -0.432. The predicted molar refractivity (Wildman–Crippen MR) is 118 cm³/mol. The van der Waals surface area contributed by atoms with Crippen LogP contribution in [-0.4, -0.2) is 53.8 Å². The molecule has 1 saturated heterocycles. The van der Waals surface area contributed by atoms with E-state index in [-0.39, 0.29) is 12.0 Å². The van der Waals surface area contributed by atoms with E-state index >= 15 is 0 Å². The van der Waals surface area contributed by atoms with Gasteiger partial charge >= 0.3 is 6.09 Å². The smallest absolute Gasteiger partial charge is 0.416 e. The van der Waals surface area contributed by atoms with Crippen molar-refractivity contribution in [3.8, 4) is 11.6 Å². The van der Waals surface area contributed by atoms with Gasteiger partial charge in [0.05, 0.1) is 11.1 Å². The number of benzene rings is 1. The lowest BCUT2D eigenvalue weighted by Gasteiger charge is -2.37. The van der Waals surface area contributed by atoms with Gasteiger partial charge in [-0.25, -0.2) is 4.79 Å². The zero-order valence-corrected chi connectivity index (χ0v) is 18.9. The van der Waals surface area contributed by atoms with E-state index in [1.54, 1.807) is 18.0 Å². The third-order valence-corrected chi connectivity index (χ3v) is 6.47. The summed E-state index contributed by atoms with van der Waals surface area (Å²) >= 11 is 6.63. The maximum atomic E-state index is 12.3. The fraction of sp³-hybridized carbons (Fsp3) is 0.565.